The summed E-state index contributed by atoms with van der Waals surface area (Å²) < 4.78 is 31.9. The van der Waals surface area contributed by atoms with E-state index in [0.717, 1.165) is 17.2 Å². The van der Waals surface area contributed by atoms with Crippen molar-refractivity contribution in [2.24, 2.45) is 0 Å². The Labute approximate surface area is 122 Å². The summed E-state index contributed by atoms with van der Waals surface area (Å²) in [6, 6.07) is 3.12. The predicted molar refractivity (Wildman–Crippen MR) is 77.0 cm³/mol. The molecule has 0 unspecified atom stereocenters. The van der Waals surface area contributed by atoms with Crippen molar-refractivity contribution in [2.45, 2.75) is 32.0 Å². The van der Waals surface area contributed by atoms with Crippen LogP contribution in [0, 0.1) is 6.92 Å². The van der Waals surface area contributed by atoms with E-state index in [1.165, 1.54) is 17.4 Å². The molecule has 2 rings (SSSR count). The Hall–Kier alpha value is -1.22. The third-order valence-corrected chi connectivity index (χ3v) is 4.77. The van der Waals surface area contributed by atoms with Gasteiger partial charge in [-0.3, -0.25) is 0 Å². The van der Waals surface area contributed by atoms with Gasteiger partial charge in [0, 0.05) is 11.1 Å². The zero-order chi connectivity index (χ0) is 14.6. The minimum atomic E-state index is -3.63. The van der Waals surface area contributed by atoms with E-state index in [-0.39, 0.29) is 11.6 Å². The van der Waals surface area contributed by atoms with Crippen molar-refractivity contribution in [2.75, 3.05) is 6.54 Å². The number of hydrogen-bond acceptors (Lipinski definition) is 6. The predicted octanol–water partition coefficient (Wildman–Crippen LogP) is 1.63. The Bertz CT molecular complexity index is 661. The van der Waals surface area contributed by atoms with Gasteiger partial charge in [-0.2, -0.15) is 0 Å². The molecule has 0 bridgehead atoms. The largest absolute Gasteiger partial charge is 0.447 e. The molecule has 0 aliphatic carbocycles. The highest BCUT2D eigenvalue weighted by atomic mass is 32.2. The summed E-state index contributed by atoms with van der Waals surface area (Å²) in [5.74, 6) is 0.595. The van der Waals surface area contributed by atoms with Gasteiger partial charge in [0.1, 0.15) is 10.8 Å². The number of hydrogen-bond donors (Lipinski definition) is 2. The zero-order valence-corrected chi connectivity index (χ0v) is 13.0. The molecular weight excluding hydrogens is 298 g/mol. The second kappa shape index (κ2) is 6.49. The quantitative estimate of drug-likeness (QED) is 0.811. The molecule has 6 nitrogen and oxygen atoms in total. The lowest BCUT2D eigenvalue weighted by Crippen LogP contribution is -2.22. The minimum Gasteiger partial charge on any atom is -0.447 e. The summed E-state index contributed by atoms with van der Waals surface area (Å²) in [5.41, 5.74) is 0.884. The van der Waals surface area contributed by atoms with Gasteiger partial charge in [-0.15, -0.1) is 11.3 Å². The summed E-state index contributed by atoms with van der Waals surface area (Å²) in [6.45, 7) is 5.32. The van der Waals surface area contributed by atoms with Crippen LogP contribution in [0.2, 0.25) is 0 Å². The summed E-state index contributed by atoms with van der Waals surface area (Å²) in [7, 11) is -3.63. The molecule has 110 valence electrons. The minimum absolute atomic E-state index is 0.0707. The third-order valence-electron chi connectivity index (χ3n) is 2.53. The number of sulfonamides is 1. The summed E-state index contributed by atoms with van der Waals surface area (Å²) >= 11 is 1.42. The second-order valence-corrected chi connectivity index (χ2v) is 6.85. The molecule has 0 spiro atoms. The van der Waals surface area contributed by atoms with Gasteiger partial charge in [0.05, 0.1) is 13.1 Å². The van der Waals surface area contributed by atoms with Crippen molar-refractivity contribution in [3.05, 3.63) is 34.0 Å². The molecule has 20 heavy (non-hydrogen) atoms. The summed E-state index contributed by atoms with van der Waals surface area (Å²) in [6.07, 6.45) is 0. The molecule has 2 heterocycles. The molecule has 0 aliphatic heterocycles. The van der Waals surface area contributed by atoms with Gasteiger partial charge in [-0.25, -0.2) is 18.1 Å². The average molecular weight is 315 g/mol. The Morgan fingerprint density at radius 2 is 2.15 bits per heavy atom. The van der Waals surface area contributed by atoms with E-state index >= 15 is 0 Å². The fourth-order valence-electron chi connectivity index (χ4n) is 1.56. The van der Waals surface area contributed by atoms with Crippen molar-refractivity contribution in [3.8, 4) is 0 Å². The Morgan fingerprint density at radius 1 is 1.35 bits per heavy atom. The van der Waals surface area contributed by atoms with Gasteiger partial charge in [0.2, 0.25) is 5.09 Å². The highest BCUT2D eigenvalue weighted by Crippen LogP contribution is 2.15. The smallest absolute Gasteiger partial charge is 0.274 e. The molecule has 0 aliphatic rings. The van der Waals surface area contributed by atoms with Crippen LogP contribution in [0.15, 0.2) is 27.0 Å². The van der Waals surface area contributed by atoms with E-state index in [4.69, 9.17) is 4.42 Å². The molecule has 2 aromatic heterocycles. The third kappa shape index (κ3) is 3.89. The van der Waals surface area contributed by atoms with E-state index in [1.54, 1.807) is 6.07 Å². The van der Waals surface area contributed by atoms with Crippen LogP contribution in [-0.2, 0) is 23.1 Å². The molecule has 8 heteroatoms. The van der Waals surface area contributed by atoms with Crippen LogP contribution in [0.1, 0.15) is 23.4 Å². The molecule has 0 fully saturated rings. The Morgan fingerprint density at radius 3 is 2.80 bits per heavy atom. The lowest BCUT2D eigenvalue weighted by molar-refractivity contribution is 0.401. The summed E-state index contributed by atoms with van der Waals surface area (Å²) in [4.78, 5) is 4.20. The standard InChI is InChI=1S/C12H17N3O3S2/c1-3-13-6-10-4-5-12(18-10)20(16,17)14-7-11-15-9(2)8-19-11/h4-5,8,13-14H,3,6-7H2,1-2H3. The van der Waals surface area contributed by atoms with Gasteiger partial charge in [-0.05, 0) is 25.6 Å². The topological polar surface area (TPSA) is 84.2 Å². The van der Waals surface area contributed by atoms with Crippen LogP contribution in [0.25, 0.3) is 0 Å². The van der Waals surface area contributed by atoms with Gasteiger partial charge in [-0.1, -0.05) is 6.92 Å². The fourth-order valence-corrected chi connectivity index (χ4v) is 3.29. The van der Waals surface area contributed by atoms with Crippen molar-refractivity contribution in [1.82, 2.24) is 15.0 Å². The van der Waals surface area contributed by atoms with E-state index in [0.29, 0.717) is 12.3 Å². The first kappa shape index (κ1) is 15.2. The monoisotopic (exact) mass is 315 g/mol. The summed E-state index contributed by atoms with van der Waals surface area (Å²) in [5, 5.41) is 5.61. The van der Waals surface area contributed by atoms with E-state index in [2.05, 4.69) is 15.0 Å². The maximum atomic E-state index is 12.1. The fraction of sp³-hybridized carbons (Fsp3) is 0.417. The molecule has 0 radical (unpaired) electrons. The number of nitrogens with one attached hydrogen (secondary N) is 2. The van der Waals surface area contributed by atoms with E-state index < -0.39 is 10.0 Å². The van der Waals surface area contributed by atoms with Crippen molar-refractivity contribution in [1.29, 1.82) is 0 Å². The van der Waals surface area contributed by atoms with Gasteiger partial charge in [0.25, 0.3) is 10.0 Å². The molecule has 0 atom stereocenters. The van der Waals surface area contributed by atoms with Crippen molar-refractivity contribution < 1.29 is 12.8 Å². The molecule has 2 aromatic rings. The molecule has 0 saturated heterocycles. The van der Waals surface area contributed by atoms with Crippen LogP contribution in [0.3, 0.4) is 0 Å². The van der Waals surface area contributed by atoms with E-state index in [1.807, 2.05) is 19.2 Å². The zero-order valence-electron chi connectivity index (χ0n) is 11.3. The van der Waals surface area contributed by atoms with Gasteiger partial charge in [0.15, 0.2) is 0 Å². The Kier molecular flexibility index (Phi) is 4.92. The number of nitrogens with zero attached hydrogens (tertiary/aromatic N) is 1. The van der Waals surface area contributed by atoms with Crippen molar-refractivity contribution in [3.63, 3.8) is 0 Å². The van der Waals surface area contributed by atoms with Gasteiger partial charge < -0.3 is 9.73 Å². The van der Waals surface area contributed by atoms with Crippen LogP contribution >= 0.6 is 11.3 Å². The maximum absolute atomic E-state index is 12.1. The van der Waals surface area contributed by atoms with Crippen LogP contribution < -0.4 is 10.0 Å². The van der Waals surface area contributed by atoms with Crippen LogP contribution in [0.4, 0.5) is 0 Å². The number of aryl methyl sites for hydroxylation is 1. The number of furan rings is 1. The van der Waals surface area contributed by atoms with Crippen molar-refractivity contribution >= 4 is 21.4 Å². The first-order valence-electron chi connectivity index (χ1n) is 6.21. The second-order valence-electron chi connectivity index (χ2n) is 4.21. The number of aromatic nitrogens is 1. The molecule has 0 amide bonds. The van der Waals surface area contributed by atoms with Gasteiger partial charge >= 0.3 is 0 Å². The first-order valence-corrected chi connectivity index (χ1v) is 8.57. The Balaban J connectivity index is 2.00. The lowest BCUT2D eigenvalue weighted by Gasteiger charge is -2.02. The SMILES string of the molecule is CCNCc1ccc(S(=O)(=O)NCc2nc(C)cs2)o1. The highest BCUT2D eigenvalue weighted by Gasteiger charge is 2.18. The van der Waals surface area contributed by atoms with Crippen LogP contribution in [-0.4, -0.2) is 19.9 Å². The lowest BCUT2D eigenvalue weighted by atomic mass is 10.4. The number of thiazole rings is 1. The maximum Gasteiger partial charge on any atom is 0.274 e. The highest BCUT2D eigenvalue weighted by molar-refractivity contribution is 7.89. The normalized spacial score (nSPS) is 11.9. The molecule has 0 saturated carbocycles. The molecule has 2 N–H and O–H groups in total. The average Bonchev–Trinajstić information content (AvgIpc) is 3.03. The molecular formula is C12H17N3O3S2. The number of rotatable bonds is 7. The molecule has 0 aromatic carbocycles. The first-order chi connectivity index (χ1) is 9.51. The van der Waals surface area contributed by atoms with E-state index in [9.17, 15) is 8.42 Å². The van der Waals surface area contributed by atoms with Crippen LogP contribution in [0.5, 0.6) is 0 Å².